The summed E-state index contributed by atoms with van der Waals surface area (Å²) in [5.74, 6) is -3.24. The fraction of sp³-hybridized carbons (Fsp3) is 0.333. The third-order valence-corrected chi connectivity index (χ3v) is 6.24. The minimum Gasteiger partial charge on any atom is -0.465 e. The molecule has 0 aromatic heterocycles. The molecular weight excluding hydrogens is 474 g/mol. The van der Waals surface area contributed by atoms with Gasteiger partial charge in [-0.25, -0.2) is 13.1 Å². The van der Waals surface area contributed by atoms with E-state index in [0.29, 0.717) is 5.56 Å². The molecule has 30 heavy (non-hydrogen) atoms. The van der Waals surface area contributed by atoms with Gasteiger partial charge in [-0.3, -0.25) is 9.59 Å². The molecule has 1 atom stereocenters. The van der Waals surface area contributed by atoms with Crippen molar-refractivity contribution in [3.8, 4) is 0 Å². The predicted octanol–water partition coefficient (Wildman–Crippen LogP) is 3.52. The van der Waals surface area contributed by atoms with Crippen LogP contribution in [0.2, 0.25) is 0 Å². The van der Waals surface area contributed by atoms with Crippen LogP contribution in [-0.2, 0) is 29.1 Å². The van der Waals surface area contributed by atoms with Crippen LogP contribution in [0.15, 0.2) is 57.9 Å². The Labute approximate surface area is 185 Å². The monoisotopic (exact) mass is 497 g/mol. The number of aryl methyl sites for hydroxylation is 1. The highest BCUT2D eigenvalue weighted by molar-refractivity contribution is 9.10. The maximum atomic E-state index is 13.0. The number of esters is 2. The molecule has 0 spiro atoms. The first-order valence-electron chi connectivity index (χ1n) is 9.37. The molecule has 0 amide bonds. The van der Waals surface area contributed by atoms with Gasteiger partial charge in [0.25, 0.3) is 0 Å². The van der Waals surface area contributed by atoms with Gasteiger partial charge in [0.2, 0.25) is 10.0 Å². The van der Waals surface area contributed by atoms with E-state index in [-0.39, 0.29) is 18.1 Å². The Kier molecular flexibility index (Phi) is 8.57. The van der Waals surface area contributed by atoms with Crippen molar-refractivity contribution in [2.45, 2.75) is 31.7 Å². The lowest BCUT2D eigenvalue weighted by Gasteiger charge is -2.25. The van der Waals surface area contributed by atoms with E-state index in [1.165, 1.54) is 12.1 Å². The van der Waals surface area contributed by atoms with Gasteiger partial charge >= 0.3 is 11.9 Å². The number of carbonyl (C=O) groups excluding carboxylic acids is 2. The fourth-order valence-corrected chi connectivity index (χ4v) is 4.29. The number of carbonyl (C=O) groups is 2. The molecule has 2 aromatic carbocycles. The Hall–Kier alpha value is -2.23. The molecule has 2 rings (SSSR count). The van der Waals surface area contributed by atoms with Gasteiger partial charge in [-0.1, -0.05) is 45.8 Å². The number of hydrogen-bond donors (Lipinski definition) is 1. The molecule has 9 heteroatoms. The van der Waals surface area contributed by atoms with Crippen LogP contribution < -0.4 is 4.72 Å². The Morgan fingerprint density at radius 3 is 1.90 bits per heavy atom. The van der Waals surface area contributed by atoms with Crippen molar-refractivity contribution < 1.29 is 27.5 Å². The number of benzene rings is 2. The van der Waals surface area contributed by atoms with Gasteiger partial charge in [0.05, 0.1) is 24.2 Å². The summed E-state index contributed by atoms with van der Waals surface area (Å²) in [6.45, 7) is 5.11. The van der Waals surface area contributed by atoms with Crippen molar-refractivity contribution in [1.29, 1.82) is 0 Å². The molecule has 0 saturated heterocycles. The molecule has 7 nitrogen and oxygen atoms in total. The van der Waals surface area contributed by atoms with Gasteiger partial charge < -0.3 is 9.47 Å². The first kappa shape index (κ1) is 24.0. The van der Waals surface area contributed by atoms with E-state index in [9.17, 15) is 18.0 Å². The molecule has 0 unspecified atom stereocenters. The molecular formula is C21H24BrNO6S. The third-order valence-electron chi connectivity index (χ3n) is 4.26. The van der Waals surface area contributed by atoms with Crippen molar-refractivity contribution in [1.82, 2.24) is 4.72 Å². The van der Waals surface area contributed by atoms with Crippen molar-refractivity contribution in [2.75, 3.05) is 13.2 Å². The summed E-state index contributed by atoms with van der Waals surface area (Å²) >= 11 is 3.32. The van der Waals surface area contributed by atoms with Gasteiger partial charge in [0.1, 0.15) is 0 Å². The minimum atomic E-state index is -4.05. The highest BCUT2D eigenvalue weighted by Gasteiger charge is 2.41. The number of sulfonamides is 1. The van der Waals surface area contributed by atoms with E-state index < -0.39 is 33.9 Å². The van der Waals surface area contributed by atoms with Gasteiger partial charge in [-0.2, -0.15) is 0 Å². The van der Waals surface area contributed by atoms with Gasteiger partial charge in [-0.05, 0) is 50.6 Å². The van der Waals surface area contributed by atoms with Crippen molar-refractivity contribution in [3.05, 3.63) is 64.1 Å². The first-order chi connectivity index (χ1) is 14.2. The maximum absolute atomic E-state index is 13.0. The van der Waals surface area contributed by atoms with E-state index in [1.807, 2.05) is 6.92 Å². The average Bonchev–Trinajstić information content (AvgIpc) is 2.69. The topological polar surface area (TPSA) is 98.8 Å². The molecule has 0 aliphatic rings. The normalized spacial score (nSPS) is 12.4. The Morgan fingerprint density at radius 1 is 0.933 bits per heavy atom. The van der Waals surface area contributed by atoms with Crippen LogP contribution in [0.25, 0.3) is 0 Å². The lowest BCUT2D eigenvalue weighted by atomic mass is 9.94. The highest BCUT2D eigenvalue weighted by atomic mass is 79.9. The first-order valence-corrected chi connectivity index (χ1v) is 11.6. The molecule has 162 valence electrons. The molecule has 1 N–H and O–H groups in total. The van der Waals surface area contributed by atoms with Gasteiger partial charge in [0.15, 0.2) is 5.92 Å². The van der Waals surface area contributed by atoms with Crippen LogP contribution in [0.5, 0.6) is 0 Å². The van der Waals surface area contributed by atoms with E-state index in [2.05, 4.69) is 20.7 Å². The smallest absolute Gasteiger partial charge is 0.322 e. The number of hydrogen-bond acceptors (Lipinski definition) is 6. The van der Waals surface area contributed by atoms with Gasteiger partial charge in [0, 0.05) is 4.47 Å². The molecule has 0 saturated carbocycles. The summed E-state index contributed by atoms with van der Waals surface area (Å²) < 4.78 is 39.4. The summed E-state index contributed by atoms with van der Waals surface area (Å²) in [5.41, 5.74) is 1.31. The zero-order valence-corrected chi connectivity index (χ0v) is 19.3. The minimum absolute atomic E-state index is 0.0154. The third kappa shape index (κ3) is 6.13. The maximum Gasteiger partial charge on any atom is 0.322 e. The lowest BCUT2D eigenvalue weighted by Crippen LogP contribution is -2.42. The lowest BCUT2D eigenvalue weighted by molar-refractivity contribution is -0.163. The Morgan fingerprint density at radius 2 is 1.43 bits per heavy atom. The SMILES string of the molecule is CCOC(=O)C(C(=O)OCC)[C@@H](NS(=O)(=O)c1ccc(C)cc1)c1ccc(Br)cc1. The summed E-state index contributed by atoms with van der Waals surface area (Å²) in [6.07, 6.45) is 0. The van der Waals surface area contributed by atoms with E-state index in [4.69, 9.17) is 9.47 Å². The largest absolute Gasteiger partial charge is 0.465 e. The van der Waals surface area contributed by atoms with Crippen LogP contribution in [0, 0.1) is 12.8 Å². The Bertz CT molecular complexity index is 956. The zero-order valence-electron chi connectivity index (χ0n) is 16.9. The molecule has 2 aromatic rings. The van der Waals surface area contributed by atoms with E-state index >= 15 is 0 Å². The number of nitrogens with one attached hydrogen (secondary N) is 1. The molecule has 0 bridgehead atoms. The summed E-state index contributed by atoms with van der Waals surface area (Å²) in [5, 5.41) is 0. The van der Waals surface area contributed by atoms with Crippen LogP contribution in [0.3, 0.4) is 0 Å². The van der Waals surface area contributed by atoms with Gasteiger partial charge in [-0.15, -0.1) is 0 Å². The summed E-state index contributed by atoms with van der Waals surface area (Å²) in [4.78, 5) is 25.3. The second-order valence-electron chi connectivity index (χ2n) is 6.45. The average molecular weight is 498 g/mol. The molecule has 0 radical (unpaired) electrons. The molecule has 0 heterocycles. The van der Waals surface area contributed by atoms with Crippen molar-refractivity contribution >= 4 is 37.9 Å². The molecule has 0 fully saturated rings. The fourth-order valence-electron chi connectivity index (χ4n) is 2.78. The number of ether oxygens (including phenoxy) is 2. The molecule has 0 aliphatic heterocycles. The van der Waals surface area contributed by atoms with Crippen LogP contribution >= 0.6 is 15.9 Å². The van der Waals surface area contributed by atoms with Crippen molar-refractivity contribution in [2.24, 2.45) is 5.92 Å². The quantitative estimate of drug-likeness (QED) is 0.420. The second-order valence-corrected chi connectivity index (χ2v) is 9.07. The van der Waals surface area contributed by atoms with Crippen molar-refractivity contribution in [3.63, 3.8) is 0 Å². The zero-order chi connectivity index (χ0) is 22.3. The van der Waals surface area contributed by atoms with Crippen LogP contribution in [0.4, 0.5) is 0 Å². The number of halogens is 1. The number of rotatable bonds is 9. The second kappa shape index (κ2) is 10.7. The van der Waals surface area contributed by atoms with E-state index in [0.717, 1.165) is 10.0 Å². The Balaban J connectivity index is 2.54. The summed E-state index contributed by atoms with van der Waals surface area (Å²) in [6, 6.07) is 11.7. The standard InChI is InChI=1S/C21H24BrNO6S/c1-4-28-20(24)18(21(25)29-5-2)19(15-8-10-16(22)11-9-15)23-30(26,27)17-12-6-14(3)7-13-17/h6-13,18-19,23H,4-5H2,1-3H3/t19-/m0/s1. The highest BCUT2D eigenvalue weighted by Crippen LogP contribution is 2.28. The summed E-state index contributed by atoms with van der Waals surface area (Å²) in [7, 11) is -4.05. The predicted molar refractivity (Wildman–Crippen MR) is 115 cm³/mol. The van der Waals surface area contributed by atoms with E-state index in [1.54, 1.807) is 50.2 Å². The molecule has 0 aliphatic carbocycles. The van der Waals surface area contributed by atoms with Crippen LogP contribution in [-0.4, -0.2) is 33.6 Å². The van der Waals surface area contributed by atoms with Crippen LogP contribution in [0.1, 0.15) is 31.0 Å².